The molecule has 3 rings (SSSR count). The Morgan fingerprint density at radius 3 is 2.54 bits per heavy atom. The number of fused-ring (bicyclic) bond motifs is 1. The summed E-state index contributed by atoms with van der Waals surface area (Å²) in [6, 6.07) is 14.1. The fourth-order valence-corrected chi connectivity index (χ4v) is 3.30. The minimum atomic E-state index is -0.822. The summed E-state index contributed by atoms with van der Waals surface area (Å²) in [7, 11) is 0. The van der Waals surface area contributed by atoms with E-state index in [2.05, 4.69) is 30.1 Å². The number of H-pyrrole nitrogens is 1. The third kappa shape index (κ3) is 3.90. The summed E-state index contributed by atoms with van der Waals surface area (Å²) in [4.78, 5) is 14.9. The number of unbranched alkanes of at least 4 members (excludes halogenated alkanes) is 1. The van der Waals surface area contributed by atoms with Crippen molar-refractivity contribution in [3.05, 3.63) is 53.6 Å². The maximum atomic E-state index is 11.5. The minimum Gasteiger partial charge on any atom is -0.494 e. The fourth-order valence-electron chi connectivity index (χ4n) is 3.30. The van der Waals surface area contributed by atoms with Crippen molar-refractivity contribution >= 4 is 16.9 Å². The summed E-state index contributed by atoms with van der Waals surface area (Å²) in [5.74, 6) is -0.00829. The molecule has 26 heavy (non-hydrogen) atoms. The summed E-state index contributed by atoms with van der Waals surface area (Å²) < 4.78 is 5.50. The number of hydrogen-bond donors (Lipinski definition) is 2. The van der Waals surface area contributed by atoms with Crippen LogP contribution in [0.2, 0.25) is 0 Å². The van der Waals surface area contributed by atoms with Gasteiger partial charge in [0, 0.05) is 10.9 Å². The molecular formula is C22H25NO3. The highest BCUT2D eigenvalue weighted by atomic mass is 16.5. The van der Waals surface area contributed by atoms with Crippen molar-refractivity contribution in [2.45, 2.75) is 39.5 Å². The maximum absolute atomic E-state index is 11.5. The Labute approximate surface area is 153 Å². The SMILES string of the molecule is CCCCc1ccc2[nH]c(-c3ccc(OCC)cc3)c(CC(=O)O)c2c1. The molecule has 0 aliphatic heterocycles. The molecule has 4 heteroatoms. The molecule has 0 fully saturated rings. The van der Waals surface area contributed by atoms with Crippen molar-refractivity contribution in [1.29, 1.82) is 0 Å². The van der Waals surface area contributed by atoms with Gasteiger partial charge in [-0.1, -0.05) is 19.4 Å². The lowest BCUT2D eigenvalue weighted by atomic mass is 10.00. The predicted molar refractivity (Wildman–Crippen MR) is 105 cm³/mol. The molecule has 2 aromatic carbocycles. The highest BCUT2D eigenvalue weighted by molar-refractivity contribution is 5.94. The summed E-state index contributed by atoms with van der Waals surface area (Å²) >= 11 is 0. The van der Waals surface area contributed by atoms with Crippen LogP contribution in [0, 0.1) is 0 Å². The Morgan fingerprint density at radius 2 is 1.88 bits per heavy atom. The van der Waals surface area contributed by atoms with Crippen LogP contribution in [-0.2, 0) is 17.6 Å². The van der Waals surface area contributed by atoms with E-state index in [0.717, 1.165) is 52.7 Å². The highest BCUT2D eigenvalue weighted by Gasteiger charge is 2.16. The summed E-state index contributed by atoms with van der Waals surface area (Å²) in [5, 5.41) is 10.4. The lowest BCUT2D eigenvalue weighted by Gasteiger charge is -2.06. The third-order valence-corrected chi connectivity index (χ3v) is 4.57. The summed E-state index contributed by atoms with van der Waals surface area (Å²) in [5.41, 5.74) is 4.91. The van der Waals surface area contributed by atoms with Gasteiger partial charge in [0.15, 0.2) is 0 Å². The summed E-state index contributed by atoms with van der Waals surface area (Å²) in [6.07, 6.45) is 3.29. The Morgan fingerprint density at radius 1 is 1.12 bits per heavy atom. The third-order valence-electron chi connectivity index (χ3n) is 4.57. The van der Waals surface area contributed by atoms with Crippen LogP contribution in [0.1, 0.15) is 37.8 Å². The minimum absolute atomic E-state index is 0.000222. The monoisotopic (exact) mass is 351 g/mol. The normalized spacial score (nSPS) is 11.0. The van der Waals surface area contributed by atoms with Crippen molar-refractivity contribution in [3.63, 3.8) is 0 Å². The van der Waals surface area contributed by atoms with E-state index in [0.29, 0.717) is 6.61 Å². The van der Waals surface area contributed by atoms with Crippen molar-refractivity contribution in [2.24, 2.45) is 0 Å². The van der Waals surface area contributed by atoms with Gasteiger partial charge in [-0.3, -0.25) is 4.79 Å². The van der Waals surface area contributed by atoms with Crippen LogP contribution in [0.25, 0.3) is 22.2 Å². The average Bonchev–Trinajstić information content (AvgIpc) is 2.98. The molecule has 0 unspecified atom stereocenters. The second kappa shape index (κ2) is 8.09. The van der Waals surface area contributed by atoms with Gasteiger partial charge in [-0.2, -0.15) is 0 Å². The average molecular weight is 351 g/mol. The lowest BCUT2D eigenvalue weighted by molar-refractivity contribution is -0.136. The van der Waals surface area contributed by atoms with Gasteiger partial charge in [-0.15, -0.1) is 0 Å². The largest absolute Gasteiger partial charge is 0.494 e. The molecule has 0 saturated heterocycles. The molecule has 136 valence electrons. The second-order valence-electron chi connectivity index (χ2n) is 6.49. The van der Waals surface area contributed by atoms with Gasteiger partial charge in [-0.25, -0.2) is 0 Å². The zero-order valence-corrected chi connectivity index (χ0v) is 15.3. The van der Waals surface area contributed by atoms with E-state index in [4.69, 9.17) is 4.74 Å². The zero-order valence-electron chi connectivity index (χ0n) is 15.3. The molecule has 2 N–H and O–H groups in total. The number of nitrogens with one attached hydrogen (secondary N) is 1. The molecule has 1 aromatic heterocycles. The number of ether oxygens (including phenoxy) is 1. The first-order valence-corrected chi connectivity index (χ1v) is 9.20. The molecule has 0 amide bonds. The van der Waals surface area contributed by atoms with E-state index in [1.54, 1.807) is 0 Å². The second-order valence-corrected chi connectivity index (χ2v) is 6.49. The predicted octanol–water partition coefficient (Wildman–Crippen LogP) is 5.20. The molecule has 0 saturated carbocycles. The number of aryl methyl sites for hydroxylation is 1. The number of carbonyl (C=O) groups is 1. The molecule has 0 atom stereocenters. The topological polar surface area (TPSA) is 62.3 Å². The molecule has 1 heterocycles. The number of benzene rings is 2. The molecule has 4 nitrogen and oxygen atoms in total. The van der Waals surface area contributed by atoms with Crippen molar-refractivity contribution in [1.82, 2.24) is 4.98 Å². The van der Waals surface area contributed by atoms with Crippen LogP contribution in [0.3, 0.4) is 0 Å². The Kier molecular flexibility index (Phi) is 5.61. The number of rotatable bonds is 8. The number of aromatic nitrogens is 1. The van der Waals surface area contributed by atoms with Crippen LogP contribution < -0.4 is 4.74 Å². The molecule has 3 aromatic rings. The van der Waals surface area contributed by atoms with Crippen molar-refractivity contribution in [3.8, 4) is 17.0 Å². The maximum Gasteiger partial charge on any atom is 0.307 e. The first-order valence-electron chi connectivity index (χ1n) is 9.20. The highest BCUT2D eigenvalue weighted by Crippen LogP contribution is 2.32. The molecule has 0 radical (unpaired) electrons. The fraction of sp³-hybridized carbons (Fsp3) is 0.318. The Bertz CT molecular complexity index is 894. The lowest BCUT2D eigenvalue weighted by Crippen LogP contribution is -2.01. The number of carboxylic acids is 1. The van der Waals surface area contributed by atoms with E-state index >= 15 is 0 Å². The molecule has 0 aliphatic carbocycles. The van der Waals surface area contributed by atoms with Gasteiger partial charge in [0.1, 0.15) is 5.75 Å². The standard InChI is InChI=1S/C22H25NO3/c1-3-5-6-15-7-12-20-18(13-15)19(14-21(24)25)22(23-20)16-8-10-17(11-9-16)26-4-2/h7-13,23H,3-6,14H2,1-2H3,(H,24,25). The van der Waals surface area contributed by atoms with Gasteiger partial charge in [-0.05, 0) is 72.9 Å². The Hall–Kier alpha value is -2.75. The van der Waals surface area contributed by atoms with E-state index in [9.17, 15) is 9.90 Å². The van der Waals surface area contributed by atoms with E-state index in [-0.39, 0.29) is 6.42 Å². The Balaban J connectivity index is 2.06. The van der Waals surface area contributed by atoms with Crippen molar-refractivity contribution in [2.75, 3.05) is 6.61 Å². The van der Waals surface area contributed by atoms with E-state index in [1.807, 2.05) is 31.2 Å². The van der Waals surface area contributed by atoms with Gasteiger partial charge in [0.2, 0.25) is 0 Å². The van der Waals surface area contributed by atoms with Crippen LogP contribution in [0.4, 0.5) is 0 Å². The van der Waals surface area contributed by atoms with E-state index in [1.165, 1.54) is 5.56 Å². The smallest absolute Gasteiger partial charge is 0.307 e. The number of hydrogen-bond acceptors (Lipinski definition) is 2. The van der Waals surface area contributed by atoms with Crippen LogP contribution >= 0.6 is 0 Å². The van der Waals surface area contributed by atoms with Gasteiger partial charge < -0.3 is 14.8 Å². The van der Waals surface area contributed by atoms with Gasteiger partial charge >= 0.3 is 5.97 Å². The van der Waals surface area contributed by atoms with Crippen LogP contribution in [0.5, 0.6) is 5.75 Å². The molecule has 0 bridgehead atoms. The number of aliphatic carboxylic acids is 1. The first kappa shape index (κ1) is 18.1. The zero-order chi connectivity index (χ0) is 18.5. The van der Waals surface area contributed by atoms with Gasteiger partial charge in [0.05, 0.1) is 18.7 Å². The number of aromatic amines is 1. The van der Waals surface area contributed by atoms with Crippen LogP contribution in [0.15, 0.2) is 42.5 Å². The number of carboxylic acid groups (broad SMARTS) is 1. The molecule has 0 aliphatic rings. The molecule has 0 spiro atoms. The van der Waals surface area contributed by atoms with Gasteiger partial charge in [0.25, 0.3) is 0 Å². The summed E-state index contributed by atoms with van der Waals surface area (Å²) in [6.45, 7) is 4.75. The quantitative estimate of drug-likeness (QED) is 0.586. The van der Waals surface area contributed by atoms with E-state index < -0.39 is 5.97 Å². The molecular weight excluding hydrogens is 326 g/mol. The van der Waals surface area contributed by atoms with Crippen LogP contribution in [-0.4, -0.2) is 22.7 Å². The van der Waals surface area contributed by atoms with Crippen molar-refractivity contribution < 1.29 is 14.6 Å². The first-order chi connectivity index (χ1) is 12.6.